The molecule has 0 bridgehead atoms. The molecule has 238 valence electrons. The lowest BCUT2D eigenvalue weighted by Crippen LogP contribution is -2.00. The van der Waals surface area contributed by atoms with E-state index >= 15 is 0 Å². The zero-order valence-electron chi connectivity index (χ0n) is 27.7. The normalized spacial score (nSPS) is 11.0. The zero-order chi connectivity index (χ0) is 33.9. The van der Waals surface area contributed by atoms with Crippen LogP contribution in [0.25, 0.3) is 78.9 Å². The number of aryl methyl sites for hydroxylation is 2. The third-order valence-corrected chi connectivity index (χ3v) is 8.57. The third kappa shape index (κ3) is 6.55. The Bertz CT molecular complexity index is 2330. The molecule has 8 rings (SSSR count). The predicted molar refractivity (Wildman–Crippen MR) is 201 cm³/mol. The summed E-state index contributed by atoms with van der Waals surface area (Å²) in [7, 11) is 0. The highest BCUT2D eigenvalue weighted by Gasteiger charge is 2.15. The van der Waals surface area contributed by atoms with Gasteiger partial charge in [0.15, 0.2) is 23.3 Å². The maximum Gasteiger partial charge on any atom is 0.164 e. The number of benzene rings is 5. The minimum absolute atomic E-state index is 0.606. The highest BCUT2D eigenvalue weighted by molar-refractivity contribution is 5.82. The van der Waals surface area contributed by atoms with E-state index in [1.807, 2.05) is 80.6 Å². The lowest BCUT2D eigenvalue weighted by atomic mass is 9.94. The van der Waals surface area contributed by atoms with Gasteiger partial charge in [-0.3, -0.25) is 4.98 Å². The van der Waals surface area contributed by atoms with Crippen LogP contribution in [0.1, 0.15) is 11.4 Å². The van der Waals surface area contributed by atoms with E-state index < -0.39 is 0 Å². The minimum atomic E-state index is 0.606. The fraction of sp³-hybridized carbons (Fsp3) is 0.0455. The number of nitrogens with zero attached hydrogens (tertiary/aromatic N) is 6. The second-order valence-corrected chi connectivity index (χ2v) is 12.2. The lowest BCUT2D eigenvalue weighted by Gasteiger charge is -2.13. The fourth-order valence-electron chi connectivity index (χ4n) is 6.14. The maximum absolute atomic E-state index is 5.05. The number of hydrogen-bond donors (Lipinski definition) is 0. The highest BCUT2D eigenvalue weighted by Crippen LogP contribution is 2.35. The Labute approximate surface area is 291 Å². The molecule has 6 heteroatoms. The summed E-state index contributed by atoms with van der Waals surface area (Å²) in [5.41, 5.74) is 12.3. The molecule has 50 heavy (non-hydrogen) atoms. The average molecular weight is 645 g/mol. The van der Waals surface area contributed by atoms with Crippen molar-refractivity contribution < 1.29 is 0 Å². The maximum atomic E-state index is 5.05. The summed E-state index contributed by atoms with van der Waals surface area (Å²) in [5.74, 6) is 2.55. The van der Waals surface area contributed by atoms with Crippen LogP contribution < -0.4 is 0 Å². The van der Waals surface area contributed by atoms with Gasteiger partial charge in [-0.25, -0.2) is 24.9 Å². The van der Waals surface area contributed by atoms with Gasteiger partial charge >= 0.3 is 0 Å². The van der Waals surface area contributed by atoms with Crippen LogP contribution in [0.5, 0.6) is 0 Å². The second-order valence-electron chi connectivity index (χ2n) is 12.2. The largest absolute Gasteiger partial charge is 0.258 e. The monoisotopic (exact) mass is 644 g/mol. The first-order valence-electron chi connectivity index (χ1n) is 16.5. The fourth-order valence-corrected chi connectivity index (χ4v) is 6.14. The van der Waals surface area contributed by atoms with Gasteiger partial charge in [0.25, 0.3) is 0 Å². The molecule has 0 N–H and O–H groups in total. The molecular formula is C44H32N6. The highest BCUT2D eigenvalue weighted by atomic mass is 15.0. The van der Waals surface area contributed by atoms with Gasteiger partial charge in [0.05, 0.1) is 0 Å². The van der Waals surface area contributed by atoms with Crippen molar-refractivity contribution in [1.29, 1.82) is 0 Å². The Morgan fingerprint density at radius 1 is 0.280 bits per heavy atom. The Kier molecular flexibility index (Phi) is 8.25. The smallest absolute Gasteiger partial charge is 0.164 e. The summed E-state index contributed by atoms with van der Waals surface area (Å²) in [5, 5.41) is 0. The second kappa shape index (κ2) is 13.5. The van der Waals surface area contributed by atoms with E-state index in [-0.39, 0.29) is 0 Å². The Morgan fingerprint density at radius 2 is 0.640 bits per heavy atom. The summed E-state index contributed by atoms with van der Waals surface area (Å²) < 4.78 is 0. The summed E-state index contributed by atoms with van der Waals surface area (Å²) in [6, 6.07) is 49.8. The topological polar surface area (TPSA) is 77.3 Å². The lowest BCUT2D eigenvalue weighted by molar-refractivity contribution is 1.07. The van der Waals surface area contributed by atoms with Crippen molar-refractivity contribution in [2.75, 3.05) is 0 Å². The van der Waals surface area contributed by atoms with Crippen LogP contribution in [0.15, 0.2) is 158 Å². The molecule has 0 aliphatic heterocycles. The van der Waals surface area contributed by atoms with Gasteiger partial charge in [0.1, 0.15) is 0 Å². The van der Waals surface area contributed by atoms with E-state index in [4.69, 9.17) is 15.0 Å². The van der Waals surface area contributed by atoms with Crippen LogP contribution in [0.2, 0.25) is 0 Å². The SMILES string of the molecule is Cc1cc(-c2ccc(-c3cc(-c4ccc(-c5ncccn5)cc4)cc(-c4nc(-c5ccccc5)nc(-c5ccccc5)n4)c3)cc2)cc(C)n1. The first-order chi connectivity index (χ1) is 24.6. The third-order valence-electron chi connectivity index (χ3n) is 8.57. The number of aromatic nitrogens is 6. The molecule has 0 aliphatic rings. The van der Waals surface area contributed by atoms with Gasteiger partial charge in [-0.2, -0.15) is 0 Å². The van der Waals surface area contributed by atoms with Gasteiger partial charge in [-0.05, 0) is 83.6 Å². The van der Waals surface area contributed by atoms with Gasteiger partial charge in [0, 0.05) is 46.0 Å². The Hall–Kier alpha value is -6.66. The van der Waals surface area contributed by atoms with Gasteiger partial charge < -0.3 is 0 Å². The molecule has 0 spiro atoms. The van der Waals surface area contributed by atoms with Crippen LogP contribution in [0.4, 0.5) is 0 Å². The van der Waals surface area contributed by atoms with Crippen molar-refractivity contribution in [3.05, 3.63) is 169 Å². The van der Waals surface area contributed by atoms with Crippen molar-refractivity contribution in [3.63, 3.8) is 0 Å². The number of rotatable bonds is 7. The van der Waals surface area contributed by atoms with E-state index in [0.717, 1.165) is 67.0 Å². The molecule has 6 nitrogen and oxygen atoms in total. The number of pyridine rings is 1. The summed E-state index contributed by atoms with van der Waals surface area (Å²) in [4.78, 5) is 28.4. The van der Waals surface area contributed by atoms with E-state index in [1.165, 1.54) is 0 Å². The van der Waals surface area contributed by atoms with Crippen LogP contribution in [-0.4, -0.2) is 29.9 Å². The van der Waals surface area contributed by atoms with Crippen molar-refractivity contribution in [1.82, 2.24) is 29.9 Å². The Balaban J connectivity index is 1.27. The molecule has 5 aromatic carbocycles. The zero-order valence-corrected chi connectivity index (χ0v) is 27.7. The first kappa shape index (κ1) is 30.7. The molecule has 0 radical (unpaired) electrons. The van der Waals surface area contributed by atoms with E-state index in [9.17, 15) is 0 Å². The van der Waals surface area contributed by atoms with Crippen molar-refractivity contribution in [2.24, 2.45) is 0 Å². The first-order valence-corrected chi connectivity index (χ1v) is 16.5. The molecule has 0 atom stereocenters. The van der Waals surface area contributed by atoms with Crippen LogP contribution in [0.3, 0.4) is 0 Å². The molecular weight excluding hydrogens is 613 g/mol. The standard InChI is InChI=1S/C44H32N6/c1-29-24-37(25-30(2)47-29)31-14-16-32(17-15-31)38-26-39(33-18-20-36(21-19-33)41-45-22-9-23-46-41)28-40(27-38)44-49-42(34-10-5-3-6-11-34)48-43(50-44)35-12-7-4-8-13-35/h3-28H,1-2H3. The molecule has 8 aromatic rings. The molecule has 0 saturated carbocycles. The van der Waals surface area contributed by atoms with Gasteiger partial charge in [-0.1, -0.05) is 109 Å². The molecule has 3 aromatic heterocycles. The number of hydrogen-bond acceptors (Lipinski definition) is 6. The van der Waals surface area contributed by atoms with E-state index in [1.54, 1.807) is 12.4 Å². The van der Waals surface area contributed by atoms with Crippen molar-refractivity contribution in [3.8, 4) is 78.9 Å². The van der Waals surface area contributed by atoms with Crippen LogP contribution in [0, 0.1) is 13.8 Å². The van der Waals surface area contributed by atoms with Gasteiger partial charge in [0.2, 0.25) is 0 Å². The van der Waals surface area contributed by atoms with Crippen LogP contribution in [-0.2, 0) is 0 Å². The summed E-state index contributed by atoms with van der Waals surface area (Å²) >= 11 is 0. The molecule has 0 fully saturated rings. The van der Waals surface area contributed by atoms with E-state index in [2.05, 4.69) is 93.8 Å². The molecule has 0 amide bonds. The van der Waals surface area contributed by atoms with Crippen LogP contribution >= 0.6 is 0 Å². The minimum Gasteiger partial charge on any atom is -0.258 e. The molecule has 0 saturated heterocycles. The molecule has 3 heterocycles. The summed E-state index contributed by atoms with van der Waals surface area (Å²) in [6.45, 7) is 4.07. The molecule has 0 unspecified atom stereocenters. The van der Waals surface area contributed by atoms with Crippen molar-refractivity contribution >= 4 is 0 Å². The quantitative estimate of drug-likeness (QED) is 0.172. The summed E-state index contributed by atoms with van der Waals surface area (Å²) in [6.07, 6.45) is 3.52. The van der Waals surface area contributed by atoms with Gasteiger partial charge in [-0.15, -0.1) is 0 Å². The van der Waals surface area contributed by atoms with E-state index in [0.29, 0.717) is 23.3 Å². The average Bonchev–Trinajstić information content (AvgIpc) is 3.18. The predicted octanol–water partition coefficient (Wildman–Crippen LogP) is 10.3. The van der Waals surface area contributed by atoms with Crippen molar-refractivity contribution in [2.45, 2.75) is 13.8 Å². The Morgan fingerprint density at radius 3 is 1.10 bits per heavy atom. The molecule has 0 aliphatic carbocycles.